The zero-order valence-electron chi connectivity index (χ0n) is 12.6. The van der Waals surface area contributed by atoms with E-state index in [2.05, 4.69) is 24.0 Å². The highest BCUT2D eigenvalue weighted by Gasteiger charge is 2.23. The Labute approximate surface area is 134 Å². The minimum Gasteiger partial charge on any atom is -0.286 e. The van der Waals surface area contributed by atoms with E-state index in [9.17, 15) is 10.5 Å². The number of hydrogen-bond donors (Lipinski definition) is 1. The summed E-state index contributed by atoms with van der Waals surface area (Å²) in [6.45, 7) is 4.07. The molecule has 0 bridgehead atoms. The molecule has 1 aromatic heterocycles. The van der Waals surface area contributed by atoms with Crippen molar-refractivity contribution >= 4 is 17.6 Å². The first-order valence-corrected chi connectivity index (χ1v) is 7.99. The topological polar surface area (TPSA) is 87.7 Å². The molecule has 0 saturated heterocycles. The van der Waals surface area contributed by atoms with Crippen molar-refractivity contribution in [1.29, 1.82) is 10.5 Å². The average molecular weight is 309 g/mol. The third-order valence-electron chi connectivity index (χ3n) is 3.26. The molecule has 0 fully saturated rings. The number of nitrogens with one attached hydrogen (secondary N) is 1. The van der Waals surface area contributed by atoms with Gasteiger partial charge in [0, 0.05) is 11.3 Å². The predicted octanol–water partition coefficient (Wildman–Crippen LogP) is 3.30. The third-order valence-corrected chi connectivity index (χ3v) is 4.47. The van der Waals surface area contributed by atoms with E-state index in [-0.39, 0.29) is 0 Å². The van der Waals surface area contributed by atoms with Crippen LogP contribution in [0.3, 0.4) is 0 Å². The predicted molar refractivity (Wildman–Crippen MR) is 88.0 cm³/mol. The second-order valence-electron chi connectivity index (χ2n) is 4.93. The van der Waals surface area contributed by atoms with Crippen molar-refractivity contribution in [2.45, 2.75) is 25.3 Å². The number of rotatable bonds is 4. The summed E-state index contributed by atoms with van der Waals surface area (Å²) in [4.78, 5) is 3.00. The number of anilines is 1. The summed E-state index contributed by atoms with van der Waals surface area (Å²) < 4.78 is 0. The first-order valence-electron chi connectivity index (χ1n) is 7.01. The van der Waals surface area contributed by atoms with E-state index >= 15 is 0 Å². The molecule has 22 heavy (non-hydrogen) atoms. The van der Waals surface area contributed by atoms with Crippen LogP contribution in [0.15, 0.2) is 29.3 Å². The molecule has 110 valence electrons. The highest BCUT2D eigenvalue weighted by molar-refractivity contribution is 7.99. The molecule has 0 aliphatic heterocycles. The molecule has 0 saturated carbocycles. The van der Waals surface area contributed by atoms with Crippen molar-refractivity contribution in [3.63, 3.8) is 0 Å². The fraction of sp³-hybridized carbons (Fsp3) is 0.235. The number of hydrogen-bond acceptors (Lipinski definition) is 4. The van der Waals surface area contributed by atoms with Crippen molar-refractivity contribution < 1.29 is 4.98 Å². The van der Waals surface area contributed by atoms with Crippen LogP contribution in [0.5, 0.6) is 0 Å². The van der Waals surface area contributed by atoms with Gasteiger partial charge < -0.3 is 0 Å². The normalized spacial score (nSPS) is 10.0. The Morgan fingerprint density at radius 2 is 1.77 bits per heavy atom. The van der Waals surface area contributed by atoms with E-state index in [1.807, 2.05) is 31.2 Å². The smallest absolute Gasteiger partial charge is 0.286 e. The van der Waals surface area contributed by atoms with E-state index in [4.69, 9.17) is 5.73 Å². The summed E-state index contributed by atoms with van der Waals surface area (Å²) >= 11 is 1.55. The molecule has 0 aliphatic rings. The number of nitrogen functional groups attached to an aromatic ring is 1. The number of thioether (sulfide) groups is 1. The molecule has 1 heterocycles. The second-order valence-corrected chi connectivity index (χ2v) is 6.04. The maximum atomic E-state index is 9.59. The van der Waals surface area contributed by atoms with Gasteiger partial charge in [0.2, 0.25) is 0 Å². The number of aromatic nitrogens is 1. The van der Waals surface area contributed by atoms with Gasteiger partial charge in [-0.1, -0.05) is 48.5 Å². The van der Waals surface area contributed by atoms with Gasteiger partial charge in [-0.15, -0.1) is 0 Å². The minimum atomic E-state index is 0.302. The summed E-state index contributed by atoms with van der Waals surface area (Å²) in [7, 11) is 0. The zero-order chi connectivity index (χ0) is 16.1. The van der Waals surface area contributed by atoms with Crippen LogP contribution in [0, 0.1) is 29.6 Å². The summed E-state index contributed by atoms with van der Waals surface area (Å²) in [5.74, 6) is 1.18. The van der Waals surface area contributed by atoms with Crippen LogP contribution < -0.4 is 10.7 Å². The molecule has 0 unspecified atom stereocenters. The Balaban J connectivity index is 2.73. The number of benzene rings is 1. The SMILES string of the molecule is CCCSc1[nH+]c(N)c(C#N)c(-c2ccc(C)cc2)c1C#N. The van der Waals surface area contributed by atoms with E-state index in [1.54, 1.807) is 11.8 Å². The van der Waals surface area contributed by atoms with Gasteiger partial charge in [0.05, 0.1) is 0 Å². The number of H-pyrrole nitrogens is 1. The van der Waals surface area contributed by atoms with E-state index in [1.165, 1.54) is 0 Å². The van der Waals surface area contributed by atoms with Crippen molar-refractivity contribution in [2.75, 3.05) is 11.5 Å². The van der Waals surface area contributed by atoms with Gasteiger partial charge in [-0.25, -0.2) is 4.98 Å². The number of aryl methyl sites for hydroxylation is 1. The maximum absolute atomic E-state index is 9.59. The summed E-state index contributed by atoms with van der Waals surface area (Å²) in [6, 6.07) is 12.1. The fourth-order valence-corrected chi connectivity index (χ4v) is 3.05. The van der Waals surface area contributed by atoms with Gasteiger partial charge in [0.1, 0.15) is 23.3 Å². The van der Waals surface area contributed by atoms with Gasteiger partial charge in [-0.2, -0.15) is 10.5 Å². The molecule has 4 nitrogen and oxygen atoms in total. The lowest BCUT2D eigenvalue weighted by Gasteiger charge is -2.10. The Morgan fingerprint density at radius 1 is 1.14 bits per heavy atom. The number of nitriles is 2. The molecule has 0 amide bonds. The van der Waals surface area contributed by atoms with Crippen LogP contribution in [-0.2, 0) is 0 Å². The van der Waals surface area contributed by atoms with Crippen LogP contribution in [0.1, 0.15) is 30.0 Å². The van der Waals surface area contributed by atoms with Gasteiger partial charge in [0.15, 0.2) is 5.03 Å². The third kappa shape index (κ3) is 3.05. The summed E-state index contributed by atoms with van der Waals surface area (Å²) in [5.41, 5.74) is 9.36. The summed E-state index contributed by atoms with van der Waals surface area (Å²) in [6.07, 6.45) is 0.989. The highest BCUT2D eigenvalue weighted by atomic mass is 32.2. The molecule has 0 atom stereocenters. The van der Waals surface area contributed by atoms with Crippen LogP contribution in [-0.4, -0.2) is 5.75 Å². The molecular formula is C17H17N4S+. The van der Waals surface area contributed by atoms with E-state index < -0.39 is 0 Å². The van der Waals surface area contributed by atoms with Crippen molar-refractivity contribution in [2.24, 2.45) is 0 Å². The van der Waals surface area contributed by atoms with E-state index in [0.717, 1.165) is 28.3 Å². The van der Waals surface area contributed by atoms with Crippen LogP contribution in [0.2, 0.25) is 0 Å². The van der Waals surface area contributed by atoms with Crippen LogP contribution in [0.25, 0.3) is 11.1 Å². The lowest BCUT2D eigenvalue weighted by molar-refractivity contribution is -0.410. The average Bonchev–Trinajstić information content (AvgIpc) is 2.53. The molecule has 2 rings (SSSR count). The number of pyridine rings is 1. The maximum Gasteiger partial charge on any atom is 0.289 e. The van der Waals surface area contributed by atoms with Gasteiger partial charge in [-0.05, 0) is 18.9 Å². The highest BCUT2D eigenvalue weighted by Crippen LogP contribution is 2.33. The minimum absolute atomic E-state index is 0.302. The molecule has 5 heteroatoms. The fourth-order valence-electron chi connectivity index (χ4n) is 2.16. The second kappa shape index (κ2) is 6.98. The lowest BCUT2D eigenvalue weighted by atomic mass is 9.96. The molecule has 0 spiro atoms. The van der Waals surface area contributed by atoms with Crippen molar-refractivity contribution in [3.05, 3.63) is 41.0 Å². The van der Waals surface area contributed by atoms with Crippen LogP contribution >= 0.6 is 11.8 Å². The Hall–Kier alpha value is -2.50. The summed E-state index contributed by atoms with van der Waals surface area (Å²) in [5, 5.41) is 19.7. The van der Waals surface area contributed by atoms with Gasteiger partial charge in [0.25, 0.3) is 5.82 Å². The molecule has 1 aromatic carbocycles. The molecule has 0 aliphatic carbocycles. The number of aromatic amines is 1. The molecular weight excluding hydrogens is 292 g/mol. The van der Waals surface area contributed by atoms with Crippen molar-refractivity contribution in [1.82, 2.24) is 0 Å². The lowest BCUT2D eigenvalue weighted by Crippen LogP contribution is -2.18. The zero-order valence-corrected chi connectivity index (χ0v) is 13.4. The van der Waals surface area contributed by atoms with Crippen LogP contribution in [0.4, 0.5) is 5.82 Å². The van der Waals surface area contributed by atoms with Crippen molar-refractivity contribution in [3.8, 4) is 23.3 Å². The molecule has 2 aromatic rings. The monoisotopic (exact) mass is 309 g/mol. The Bertz CT molecular complexity index is 767. The largest absolute Gasteiger partial charge is 0.289 e. The number of nitrogens with two attached hydrogens (primary N) is 1. The Kier molecular flexibility index (Phi) is 5.04. The first-order chi connectivity index (χ1) is 10.6. The van der Waals surface area contributed by atoms with Gasteiger partial charge in [-0.3, -0.25) is 5.73 Å². The quantitative estimate of drug-likeness (QED) is 0.878. The van der Waals surface area contributed by atoms with Gasteiger partial charge >= 0.3 is 0 Å². The standard InChI is InChI=1S/C17H16N4S/c1-3-8-22-17-14(10-19)15(13(9-18)16(20)21-17)12-6-4-11(2)5-7-12/h4-7H,3,8H2,1-2H3,(H2,20,21)/p+1. The number of nitrogens with zero attached hydrogens (tertiary/aromatic N) is 2. The first kappa shape index (κ1) is 15.9. The van der Waals surface area contributed by atoms with E-state index in [0.29, 0.717) is 22.5 Å². The molecule has 0 radical (unpaired) electrons. The molecule has 3 N–H and O–H groups in total. The Morgan fingerprint density at radius 3 is 2.32 bits per heavy atom.